The number of hydrogen-bond donors (Lipinski definition) is 2. The second-order valence-corrected chi connectivity index (χ2v) is 7.46. The van der Waals surface area contributed by atoms with Crippen molar-refractivity contribution in [3.8, 4) is 0 Å². The fourth-order valence-corrected chi connectivity index (χ4v) is 1.53. The van der Waals surface area contributed by atoms with Gasteiger partial charge in [-0.2, -0.15) is 0 Å². The number of hydrogen-bond acceptors (Lipinski definition) is 4. The number of aliphatic hydroxyl groups is 1. The molecule has 0 aliphatic carbocycles. The largest absolute Gasteiger partial charge is 0.388 e. The molecular weight excluding hydrogens is 242 g/mol. The molecule has 0 unspecified atom stereocenters. The predicted octanol–water partition coefficient (Wildman–Crippen LogP) is 0.477. The minimum Gasteiger partial charge on any atom is -0.388 e. The molecule has 0 bridgehead atoms. The van der Waals surface area contributed by atoms with E-state index in [9.17, 15) is 18.3 Å². The minimum atomic E-state index is -3.48. The van der Waals surface area contributed by atoms with Crippen molar-refractivity contribution in [3.05, 3.63) is 0 Å². The first-order chi connectivity index (χ1) is 7.50. The van der Waals surface area contributed by atoms with E-state index in [4.69, 9.17) is 0 Å². The SMILES string of the molecule is CCC(O)(CC)CNC(=O)C(C)(C)S(C)(=O)=O. The average molecular weight is 265 g/mol. The monoisotopic (exact) mass is 265 g/mol. The van der Waals surface area contributed by atoms with E-state index in [1.807, 2.05) is 13.8 Å². The lowest BCUT2D eigenvalue weighted by Gasteiger charge is -2.28. The van der Waals surface area contributed by atoms with Gasteiger partial charge >= 0.3 is 0 Å². The van der Waals surface area contributed by atoms with Gasteiger partial charge in [0.25, 0.3) is 0 Å². The molecule has 0 saturated carbocycles. The quantitative estimate of drug-likeness (QED) is 0.731. The summed E-state index contributed by atoms with van der Waals surface area (Å²) in [7, 11) is -3.48. The third-order valence-corrected chi connectivity index (χ3v) is 5.41. The van der Waals surface area contributed by atoms with Crippen LogP contribution >= 0.6 is 0 Å². The maximum Gasteiger partial charge on any atom is 0.240 e. The van der Waals surface area contributed by atoms with Gasteiger partial charge in [-0.15, -0.1) is 0 Å². The maximum atomic E-state index is 11.8. The molecule has 0 radical (unpaired) electrons. The molecule has 0 saturated heterocycles. The van der Waals surface area contributed by atoms with E-state index < -0.39 is 26.1 Å². The van der Waals surface area contributed by atoms with Gasteiger partial charge in [-0.3, -0.25) is 4.79 Å². The molecule has 0 aliphatic rings. The standard InChI is InChI=1S/C11H23NO4S/c1-6-11(14,7-2)8-12-9(13)10(3,4)17(5,15)16/h14H,6-8H2,1-5H3,(H,12,13). The van der Waals surface area contributed by atoms with Crippen LogP contribution in [0.2, 0.25) is 0 Å². The van der Waals surface area contributed by atoms with Gasteiger partial charge in [-0.05, 0) is 26.7 Å². The van der Waals surface area contributed by atoms with Gasteiger partial charge in [0, 0.05) is 12.8 Å². The molecule has 1 amide bonds. The van der Waals surface area contributed by atoms with Crippen LogP contribution in [0.3, 0.4) is 0 Å². The second kappa shape index (κ2) is 5.35. The van der Waals surface area contributed by atoms with Crippen molar-refractivity contribution in [2.24, 2.45) is 0 Å². The lowest BCUT2D eigenvalue weighted by Crippen LogP contribution is -2.51. The Morgan fingerprint density at radius 2 is 1.65 bits per heavy atom. The number of carbonyl (C=O) groups excluding carboxylic acids is 1. The Morgan fingerprint density at radius 3 is 1.94 bits per heavy atom. The van der Waals surface area contributed by atoms with Crippen LogP contribution in [0.25, 0.3) is 0 Å². The molecule has 0 aromatic rings. The molecule has 5 nitrogen and oxygen atoms in total. The molecule has 0 heterocycles. The van der Waals surface area contributed by atoms with Crippen molar-refractivity contribution in [1.82, 2.24) is 5.32 Å². The minimum absolute atomic E-state index is 0.0672. The van der Waals surface area contributed by atoms with Gasteiger partial charge < -0.3 is 10.4 Å². The zero-order chi connectivity index (χ0) is 13.9. The van der Waals surface area contributed by atoms with Crippen LogP contribution in [-0.4, -0.2) is 42.6 Å². The molecule has 6 heteroatoms. The van der Waals surface area contributed by atoms with Crippen LogP contribution in [0.15, 0.2) is 0 Å². The van der Waals surface area contributed by atoms with Crippen molar-refractivity contribution >= 4 is 15.7 Å². The Kier molecular flexibility index (Phi) is 5.16. The summed E-state index contributed by atoms with van der Waals surface area (Å²) in [6.45, 7) is 6.41. The Balaban J connectivity index is 4.69. The van der Waals surface area contributed by atoms with Crippen LogP contribution in [-0.2, 0) is 14.6 Å². The summed E-state index contributed by atoms with van der Waals surface area (Å²) in [5.41, 5.74) is -0.969. The molecule has 0 aromatic carbocycles. The number of carbonyl (C=O) groups is 1. The molecule has 0 spiro atoms. The highest BCUT2D eigenvalue weighted by atomic mass is 32.2. The Bertz CT molecular complexity index is 369. The molecule has 0 rings (SSSR count). The molecule has 0 aromatic heterocycles. The van der Waals surface area contributed by atoms with Gasteiger partial charge in [0.1, 0.15) is 4.75 Å². The zero-order valence-corrected chi connectivity index (χ0v) is 12.0. The topological polar surface area (TPSA) is 83.5 Å². The highest BCUT2D eigenvalue weighted by Crippen LogP contribution is 2.17. The molecule has 0 fully saturated rings. The first kappa shape index (κ1) is 16.4. The molecule has 102 valence electrons. The highest BCUT2D eigenvalue weighted by Gasteiger charge is 2.39. The van der Waals surface area contributed by atoms with E-state index in [2.05, 4.69) is 5.32 Å². The van der Waals surface area contributed by atoms with Crippen molar-refractivity contribution in [3.63, 3.8) is 0 Å². The first-order valence-corrected chi connectivity index (χ1v) is 7.59. The van der Waals surface area contributed by atoms with Crippen LogP contribution in [0, 0.1) is 0 Å². The molecular formula is C11H23NO4S. The fraction of sp³-hybridized carbons (Fsp3) is 0.909. The Hall–Kier alpha value is -0.620. The predicted molar refractivity (Wildman–Crippen MR) is 67.5 cm³/mol. The Labute approximate surface area is 104 Å². The van der Waals surface area contributed by atoms with Crippen molar-refractivity contribution in [2.75, 3.05) is 12.8 Å². The van der Waals surface area contributed by atoms with Gasteiger partial charge in [-0.1, -0.05) is 13.8 Å². The average Bonchev–Trinajstić information content (AvgIpc) is 2.23. The summed E-state index contributed by atoms with van der Waals surface area (Å²) in [6, 6.07) is 0. The maximum absolute atomic E-state index is 11.8. The third kappa shape index (κ3) is 3.96. The molecule has 0 atom stereocenters. The van der Waals surface area contributed by atoms with E-state index in [1.54, 1.807) is 0 Å². The number of rotatable bonds is 6. The number of nitrogens with one attached hydrogen (secondary N) is 1. The lowest BCUT2D eigenvalue weighted by molar-refractivity contribution is -0.124. The van der Waals surface area contributed by atoms with Crippen LogP contribution in [0.1, 0.15) is 40.5 Å². The fourth-order valence-electron chi connectivity index (χ4n) is 1.13. The van der Waals surface area contributed by atoms with Gasteiger partial charge in [-0.25, -0.2) is 8.42 Å². The van der Waals surface area contributed by atoms with E-state index in [0.29, 0.717) is 12.8 Å². The van der Waals surface area contributed by atoms with Crippen molar-refractivity contribution in [2.45, 2.75) is 50.9 Å². The highest BCUT2D eigenvalue weighted by molar-refractivity contribution is 7.92. The lowest BCUT2D eigenvalue weighted by atomic mass is 9.97. The third-order valence-electron chi connectivity index (χ3n) is 3.37. The van der Waals surface area contributed by atoms with Crippen molar-refractivity contribution < 1.29 is 18.3 Å². The molecule has 2 N–H and O–H groups in total. The van der Waals surface area contributed by atoms with Gasteiger partial charge in [0.05, 0.1) is 5.60 Å². The second-order valence-electron chi connectivity index (χ2n) is 4.90. The van der Waals surface area contributed by atoms with Crippen LogP contribution < -0.4 is 5.32 Å². The summed E-state index contributed by atoms with van der Waals surface area (Å²) in [6.07, 6.45) is 2.03. The first-order valence-electron chi connectivity index (χ1n) is 5.70. The van der Waals surface area contributed by atoms with E-state index in [-0.39, 0.29) is 6.54 Å². The normalized spacial score (nSPS) is 13.5. The van der Waals surface area contributed by atoms with E-state index in [1.165, 1.54) is 13.8 Å². The van der Waals surface area contributed by atoms with Gasteiger partial charge in [0.2, 0.25) is 5.91 Å². The van der Waals surface area contributed by atoms with E-state index >= 15 is 0 Å². The Morgan fingerprint density at radius 1 is 1.24 bits per heavy atom. The van der Waals surface area contributed by atoms with Crippen LogP contribution in [0.5, 0.6) is 0 Å². The summed E-state index contributed by atoms with van der Waals surface area (Å²) in [4.78, 5) is 11.8. The summed E-state index contributed by atoms with van der Waals surface area (Å²) in [5, 5.41) is 12.5. The zero-order valence-electron chi connectivity index (χ0n) is 11.2. The smallest absolute Gasteiger partial charge is 0.240 e. The summed E-state index contributed by atoms with van der Waals surface area (Å²) >= 11 is 0. The number of sulfone groups is 1. The van der Waals surface area contributed by atoms with Gasteiger partial charge in [0.15, 0.2) is 9.84 Å². The van der Waals surface area contributed by atoms with E-state index in [0.717, 1.165) is 6.26 Å². The summed E-state index contributed by atoms with van der Waals surface area (Å²) in [5.74, 6) is -0.583. The molecule has 17 heavy (non-hydrogen) atoms. The van der Waals surface area contributed by atoms with Crippen molar-refractivity contribution in [1.29, 1.82) is 0 Å². The molecule has 0 aliphatic heterocycles. The number of amides is 1. The van der Waals surface area contributed by atoms with Crippen LogP contribution in [0.4, 0.5) is 0 Å². The summed E-state index contributed by atoms with van der Waals surface area (Å²) < 4.78 is 21.4.